The molecule has 1 aromatic heterocycles. The van der Waals surface area contributed by atoms with E-state index in [0.29, 0.717) is 0 Å². The maximum atomic E-state index is 11.2. The number of likely N-dealkylation sites (N-methyl/N-ethyl adjacent to an activating group) is 1. The number of nitrogens with zero attached hydrogens (tertiary/aromatic N) is 2. The quantitative estimate of drug-likeness (QED) is 0.811. The van der Waals surface area contributed by atoms with Crippen molar-refractivity contribution in [3.8, 4) is 0 Å². The number of hydrogen-bond acceptors (Lipinski definition) is 3. The second-order valence-corrected chi connectivity index (χ2v) is 4.86. The van der Waals surface area contributed by atoms with Crippen molar-refractivity contribution < 1.29 is 9.63 Å². The first kappa shape index (κ1) is 14.6. The Bertz CT molecular complexity index is 585. The summed E-state index contributed by atoms with van der Waals surface area (Å²) in [6.07, 6.45) is 2.88. The molecular formula is C16H22N2O2. The summed E-state index contributed by atoms with van der Waals surface area (Å²) in [5, 5.41) is 1.15. The number of hydrogen-bond donors (Lipinski definition) is 0. The molecule has 108 valence electrons. The first-order valence-corrected chi connectivity index (χ1v) is 7.16. The van der Waals surface area contributed by atoms with Crippen LogP contribution in [0.5, 0.6) is 0 Å². The van der Waals surface area contributed by atoms with Crippen LogP contribution in [0.25, 0.3) is 10.9 Å². The van der Waals surface area contributed by atoms with Crippen LogP contribution >= 0.6 is 0 Å². The Morgan fingerprint density at radius 1 is 1.25 bits per heavy atom. The van der Waals surface area contributed by atoms with Crippen LogP contribution in [0.15, 0.2) is 30.5 Å². The fourth-order valence-electron chi connectivity index (χ4n) is 2.45. The number of benzene rings is 1. The molecule has 4 heteroatoms. The molecule has 0 fully saturated rings. The molecule has 0 aliphatic carbocycles. The van der Waals surface area contributed by atoms with Gasteiger partial charge in [-0.1, -0.05) is 32.0 Å². The van der Waals surface area contributed by atoms with E-state index in [1.807, 2.05) is 24.4 Å². The molecule has 0 radical (unpaired) electrons. The molecule has 0 spiro atoms. The van der Waals surface area contributed by atoms with Crippen molar-refractivity contribution in [1.82, 2.24) is 9.63 Å². The van der Waals surface area contributed by atoms with Crippen molar-refractivity contribution in [1.29, 1.82) is 0 Å². The van der Waals surface area contributed by atoms with Crippen LogP contribution in [0.4, 0.5) is 0 Å². The minimum absolute atomic E-state index is 0.305. The highest BCUT2D eigenvalue weighted by Gasteiger charge is 2.11. The van der Waals surface area contributed by atoms with Crippen LogP contribution in [0.3, 0.4) is 0 Å². The molecule has 0 amide bonds. The van der Waals surface area contributed by atoms with Crippen LogP contribution in [0.2, 0.25) is 0 Å². The van der Waals surface area contributed by atoms with Crippen molar-refractivity contribution in [3.05, 3.63) is 36.0 Å². The maximum absolute atomic E-state index is 11.2. The Morgan fingerprint density at radius 3 is 2.60 bits per heavy atom. The van der Waals surface area contributed by atoms with E-state index in [1.165, 1.54) is 12.5 Å². The summed E-state index contributed by atoms with van der Waals surface area (Å²) in [6, 6.07) is 8.02. The Labute approximate surface area is 119 Å². The van der Waals surface area contributed by atoms with Crippen molar-refractivity contribution in [2.45, 2.75) is 27.2 Å². The van der Waals surface area contributed by atoms with Crippen LogP contribution in [0.1, 0.15) is 26.3 Å². The molecule has 20 heavy (non-hydrogen) atoms. The van der Waals surface area contributed by atoms with E-state index in [-0.39, 0.29) is 5.97 Å². The second kappa shape index (κ2) is 6.57. The highest BCUT2D eigenvalue weighted by Crippen LogP contribution is 2.21. The normalized spacial score (nSPS) is 11.2. The molecule has 0 aliphatic heterocycles. The average Bonchev–Trinajstić information content (AvgIpc) is 2.78. The predicted molar refractivity (Wildman–Crippen MR) is 80.7 cm³/mol. The van der Waals surface area contributed by atoms with Gasteiger partial charge in [0.05, 0.1) is 5.52 Å². The number of carbonyl (C=O) groups excluding carboxylic acids is 1. The molecule has 0 atom stereocenters. The topological polar surface area (TPSA) is 34.5 Å². The molecule has 0 unspecified atom stereocenters. The van der Waals surface area contributed by atoms with Crippen LogP contribution in [-0.4, -0.2) is 35.2 Å². The van der Waals surface area contributed by atoms with Gasteiger partial charge < -0.3 is 9.74 Å². The minimum Gasteiger partial charge on any atom is -0.337 e. The van der Waals surface area contributed by atoms with Crippen LogP contribution < -0.4 is 4.84 Å². The van der Waals surface area contributed by atoms with Gasteiger partial charge in [0.15, 0.2) is 0 Å². The van der Waals surface area contributed by atoms with E-state index in [9.17, 15) is 4.79 Å². The number of carbonyl (C=O) groups is 1. The lowest BCUT2D eigenvalue weighted by atomic mass is 10.1. The summed E-state index contributed by atoms with van der Waals surface area (Å²) in [4.78, 5) is 18.8. The number of para-hydroxylation sites is 1. The van der Waals surface area contributed by atoms with Gasteiger partial charge in [0, 0.05) is 25.1 Å². The van der Waals surface area contributed by atoms with Crippen LogP contribution in [-0.2, 0) is 11.2 Å². The van der Waals surface area contributed by atoms with Crippen molar-refractivity contribution >= 4 is 16.9 Å². The van der Waals surface area contributed by atoms with Gasteiger partial charge in [-0.05, 0) is 31.1 Å². The fraction of sp³-hybridized carbons (Fsp3) is 0.438. The lowest BCUT2D eigenvalue weighted by Crippen LogP contribution is -2.25. The van der Waals surface area contributed by atoms with Gasteiger partial charge in [0.25, 0.3) is 0 Å². The largest absolute Gasteiger partial charge is 0.337 e. The first-order chi connectivity index (χ1) is 9.65. The lowest BCUT2D eigenvalue weighted by molar-refractivity contribution is -0.140. The van der Waals surface area contributed by atoms with Gasteiger partial charge >= 0.3 is 5.97 Å². The molecule has 2 aromatic rings. The van der Waals surface area contributed by atoms with Gasteiger partial charge in [0.1, 0.15) is 0 Å². The first-order valence-electron chi connectivity index (χ1n) is 7.16. The van der Waals surface area contributed by atoms with E-state index in [4.69, 9.17) is 4.84 Å². The van der Waals surface area contributed by atoms with E-state index in [0.717, 1.165) is 37.0 Å². The van der Waals surface area contributed by atoms with Crippen molar-refractivity contribution in [3.63, 3.8) is 0 Å². The molecule has 0 saturated heterocycles. The smallest absolute Gasteiger partial charge is 0.329 e. The highest BCUT2D eigenvalue weighted by atomic mass is 16.7. The van der Waals surface area contributed by atoms with E-state index < -0.39 is 0 Å². The monoisotopic (exact) mass is 274 g/mol. The Hall–Kier alpha value is -1.81. The zero-order valence-corrected chi connectivity index (χ0v) is 12.4. The van der Waals surface area contributed by atoms with Crippen molar-refractivity contribution in [2.24, 2.45) is 0 Å². The number of fused-ring (bicyclic) bond motifs is 1. The van der Waals surface area contributed by atoms with Gasteiger partial charge in [-0.3, -0.25) is 0 Å². The molecular weight excluding hydrogens is 252 g/mol. The maximum Gasteiger partial charge on any atom is 0.329 e. The third-order valence-corrected chi connectivity index (χ3v) is 3.58. The second-order valence-electron chi connectivity index (χ2n) is 4.86. The summed E-state index contributed by atoms with van der Waals surface area (Å²) in [7, 11) is 0. The molecule has 0 N–H and O–H groups in total. The molecule has 4 nitrogen and oxygen atoms in total. The van der Waals surface area contributed by atoms with E-state index >= 15 is 0 Å². The zero-order valence-electron chi connectivity index (χ0n) is 12.4. The number of aromatic nitrogens is 1. The molecule has 0 bridgehead atoms. The van der Waals surface area contributed by atoms with Gasteiger partial charge in [0.2, 0.25) is 0 Å². The highest BCUT2D eigenvalue weighted by molar-refractivity contribution is 5.84. The Morgan fingerprint density at radius 2 is 1.95 bits per heavy atom. The average molecular weight is 274 g/mol. The molecule has 0 saturated carbocycles. The van der Waals surface area contributed by atoms with E-state index in [2.05, 4.69) is 24.8 Å². The van der Waals surface area contributed by atoms with Gasteiger partial charge in [-0.15, -0.1) is 0 Å². The Kier molecular flexibility index (Phi) is 4.79. The third-order valence-electron chi connectivity index (χ3n) is 3.58. The summed E-state index contributed by atoms with van der Waals surface area (Å²) in [6.45, 7) is 8.89. The molecule has 2 rings (SSSR count). The minimum atomic E-state index is -0.305. The van der Waals surface area contributed by atoms with Gasteiger partial charge in [-0.2, -0.15) is 4.73 Å². The van der Waals surface area contributed by atoms with Gasteiger partial charge in [-0.25, -0.2) is 4.79 Å². The molecule has 0 aliphatic rings. The SMILES string of the molecule is CCN(CC)CCc1cn(OC(C)=O)c2ccccc12. The lowest BCUT2D eigenvalue weighted by Gasteiger charge is -2.17. The standard InChI is InChI=1S/C16H22N2O2/c1-4-17(5-2)11-10-14-12-18(20-13(3)19)16-9-7-6-8-15(14)16/h6-9,12H,4-5,10-11H2,1-3H3. The van der Waals surface area contributed by atoms with E-state index in [1.54, 1.807) is 4.73 Å². The summed E-state index contributed by atoms with van der Waals surface area (Å²) in [5.74, 6) is -0.305. The fourth-order valence-corrected chi connectivity index (χ4v) is 2.45. The Balaban J connectivity index is 2.26. The molecule has 1 heterocycles. The summed E-state index contributed by atoms with van der Waals surface area (Å²) in [5.41, 5.74) is 2.16. The summed E-state index contributed by atoms with van der Waals surface area (Å²) >= 11 is 0. The molecule has 1 aromatic carbocycles. The van der Waals surface area contributed by atoms with Crippen LogP contribution in [0, 0.1) is 0 Å². The number of rotatable bonds is 6. The predicted octanol–water partition coefficient (Wildman–Crippen LogP) is 2.50. The summed E-state index contributed by atoms with van der Waals surface area (Å²) < 4.78 is 1.58. The third kappa shape index (κ3) is 3.20. The van der Waals surface area contributed by atoms with Crippen molar-refractivity contribution in [2.75, 3.05) is 19.6 Å². The zero-order chi connectivity index (χ0) is 14.5.